The maximum atomic E-state index is 9.03. The Labute approximate surface area is 109 Å². The Morgan fingerprint density at radius 2 is 1.88 bits per heavy atom. The predicted molar refractivity (Wildman–Crippen MR) is 66.7 cm³/mol. The number of hydrogen-bond donors (Lipinski definition) is 1. The summed E-state index contributed by atoms with van der Waals surface area (Å²) in [6.45, 7) is -0.219. The summed E-state index contributed by atoms with van der Waals surface area (Å²) in [5.41, 5.74) is 1.10. The van der Waals surface area contributed by atoms with E-state index >= 15 is 0 Å². The lowest BCUT2D eigenvalue weighted by atomic mass is 10.1. The lowest BCUT2D eigenvalue weighted by Crippen LogP contribution is -2.09. The average Bonchev–Trinajstić information content (AvgIpc) is 2.21. The first-order chi connectivity index (χ1) is 7.58. The molecule has 0 heterocycles. The molecule has 0 aliphatic rings. The molecule has 1 aromatic rings. The summed E-state index contributed by atoms with van der Waals surface area (Å²) in [5.74, 6) is 0. The van der Waals surface area contributed by atoms with Crippen molar-refractivity contribution in [2.75, 3.05) is 13.7 Å². The molecule has 6 heteroatoms. The van der Waals surface area contributed by atoms with E-state index in [2.05, 4.69) is 9.99 Å². The first-order valence-corrected chi connectivity index (χ1v) is 5.55. The van der Waals surface area contributed by atoms with Crippen molar-refractivity contribution in [3.05, 3.63) is 32.8 Å². The standard InChI is InChI=1S/C10H10Cl3NO2/c1-16-14-7(5-15)4-8-9(12)2-6(11)3-10(8)13/h2-3,15H,4-5H2,1H3/b14-7-. The van der Waals surface area contributed by atoms with E-state index in [-0.39, 0.29) is 6.61 Å². The van der Waals surface area contributed by atoms with E-state index in [0.717, 1.165) is 0 Å². The van der Waals surface area contributed by atoms with Crippen LogP contribution in [0, 0.1) is 0 Å². The Hall–Kier alpha value is -0.480. The topological polar surface area (TPSA) is 41.8 Å². The second-order valence-corrected chi connectivity index (χ2v) is 4.27. The number of aliphatic hydroxyl groups excluding tert-OH is 1. The molecule has 0 saturated carbocycles. The molecule has 0 aromatic heterocycles. The summed E-state index contributed by atoms with van der Waals surface area (Å²) in [6.07, 6.45) is 0.319. The molecular weight excluding hydrogens is 272 g/mol. The molecule has 0 unspecified atom stereocenters. The van der Waals surface area contributed by atoms with Gasteiger partial charge in [-0.1, -0.05) is 40.0 Å². The molecule has 0 atom stereocenters. The normalized spacial score (nSPS) is 11.7. The van der Waals surface area contributed by atoms with Crippen molar-refractivity contribution in [1.29, 1.82) is 0 Å². The minimum absolute atomic E-state index is 0.219. The number of aliphatic hydroxyl groups is 1. The van der Waals surface area contributed by atoms with E-state index in [1.54, 1.807) is 12.1 Å². The molecule has 1 rings (SSSR count). The fourth-order valence-electron chi connectivity index (χ4n) is 1.19. The highest BCUT2D eigenvalue weighted by Gasteiger charge is 2.11. The minimum atomic E-state index is -0.219. The van der Waals surface area contributed by atoms with E-state index in [1.807, 2.05) is 0 Å². The molecule has 0 spiro atoms. The Balaban J connectivity index is 3.01. The van der Waals surface area contributed by atoms with Gasteiger partial charge < -0.3 is 9.94 Å². The largest absolute Gasteiger partial charge is 0.399 e. The second kappa shape index (κ2) is 6.30. The summed E-state index contributed by atoms with van der Waals surface area (Å²) < 4.78 is 0. The number of nitrogens with zero attached hydrogens (tertiary/aromatic N) is 1. The molecule has 3 nitrogen and oxygen atoms in total. The van der Waals surface area contributed by atoms with Crippen LogP contribution in [-0.2, 0) is 11.3 Å². The van der Waals surface area contributed by atoms with Crippen LogP contribution in [0.3, 0.4) is 0 Å². The first kappa shape index (κ1) is 13.6. The zero-order chi connectivity index (χ0) is 12.1. The second-order valence-electron chi connectivity index (χ2n) is 3.02. The summed E-state index contributed by atoms with van der Waals surface area (Å²) in [4.78, 5) is 4.59. The van der Waals surface area contributed by atoms with Crippen molar-refractivity contribution < 1.29 is 9.94 Å². The summed E-state index contributed by atoms with van der Waals surface area (Å²) in [6, 6.07) is 3.18. The third-order valence-corrected chi connectivity index (χ3v) is 2.78. The third-order valence-electron chi connectivity index (χ3n) is 1.89. The van der Waals surface area contributed by atoms with Gasteiger partial charge in [0.15, 0.2) is 0 Å². The van der Waals surface area contributed by atoms with Crippen molar-refractivity contribution in [2.45, 2.75) is 6.42 Å². The fraction of sp³-hybridized carbons (Fsp3) is 0.300. The zero-order valence-corrected chi connectivity index (χ0v) is 10.8. The van der Waals surface area contributed by atoms with Crippen LogP contribution in [0.25, 0.3) is 0 Å². The number of halogens is 3. The number of oxime groups is 1. The molecule has 0 aliphatic heterocycles. The van der Waals surface area contributed by atoms with Crippen LogP contribution < -0.4 is 0 Å². The van der Waals surface area contributed by atoms with Crippen molar-refractivity contribution >= 4 is 40.5 Å². The maximum Gasteiger partial charge on any atom is 0.106 e. The molecule has 0 fully saturated rings. The maximum absolute atomic E-state index is 9.03. The number of benzene rings is 1. The number of rotatable bonds is 4. The van der Waals surface area contributed by atoms with Crippen LogP contribution in [0.15, 0.2) is 17.3 Å². The van der Waals surface area contributed by atoms with Gasteiger partial charge in [0.1, 0.15) is 7.11 Å². The van der Waals surface area contributed by atoms with Crippen LogP contribution in [0.2, 0.25) is 15.1 Å². The van der Waals surface area contributed by atoms with Gasteiger partial charge in [0, 0.05) is 21.5 Å². The molecule has 0 saturated heterocycles. The Morgan fingerprint density at radius 3 is 2.31 bits per heavy atom. The Kier molecular flexibility index (Phi) is 5.35. The highest BCUT2D eigenvalue weighted by Crippen LogP contribution is 2.29. The molecule has 88 valence electrons. The SMILES string of the molecule is CO/N=C(\CO)Cc1c(Cl)cc(Cl)cc1Cl. The summed E-state index contributed by atoms with van der Waals surface area (Å²) >= 11 is 17.8. The molecule has 1 N–H and O–H groups in total. The van der Waals surface area contributed by atoms with Gasteiger partial charge in [-0.25, -0.2) is 0 Å². The van der Waals surface area contributed by atoms with Crippen LogP contribution in [-0.4, -0.2) is 24.5 Å². The van der Waals surface area contributed by atoms with E-state index in [4.69, 9.17) is 39.9 Å². The number of hydrogen-bond acceptors (Lipinski definition) is 3. The van der Waals surface area contributed by atoms with Crippen LogP contribution >= 0.6 is 34.8 Å². The van der Waals surface area contributed by atoms with Gasteiger partial charge in [0.05, 0.1) is 12.3 Å². The lowest BCUT2D eigenvalue weighted by Gasteiger charge is -2.08. The van der Waals surface area contributed by atoms with E-state index in [0.29, 0.717) is 32.8 Å². The smallest absolute Gasteiger partial charge is 0.106 e. The molecule has 0 radical (unpaired) electrons. The van der Waals surface area contributed by atoms with Gasteiger partial charge in [-0.2, -0.15) is 0 Å². The Bertz CT molecular complexity index is 384. The monoisotopic (exact) mass is 281 g/mol. The fourth-order valence-corrected chi connectivity index (χ4v) is 2.14. The van der Waals surface area contributed by atoms with Crippen LogP contribution in [0.4, 0.5) is 0 Å². The molecule has 0 bridgehead atoms. The van der Waals surface area contributed by atoms with Crippen LogP contribution in [0.5, 0.6) is 0 Å². The van der Waals surface area contributed by atoms with Gasteiger partial charge in [0.2, 0.25) is 0 Å². The molecular formula is C10H10Cl3NO2. The molecule has 0 amide bonds. The van der Waals surface area contributed by atoms with Crippen molar-refractivity contribution in [2.24, 2.45) is 5.16 Å². The average molecular weight is 283 g/mol. The van der Waals surface area contributed by atoms with Gasteiger partial charge in [-0.05, 0) is 17.7 Å². The first-order valence-electron chi connectivity index (χ1n) is 4.41. The van der Waals surface area contributed by atoms with E-state index < -0.39 is 0 Å². The van der Waals surface area contributed by atoms with Gasteiger partial charge >= 0.3 is 0 Å². The molecule has 16 heavy (non-hydrogen) atoms. The van der Waals surface area contributed by atoms with Crippen molar-refractivity contribution in [1.82, 2.24) is 0 Å². The minimum Gasteiger partial charge on any atom is -0.399 e. The van der Waals surface area contributed by atoms with Gasteiger partial charge in [-0.15, -0.1) is 0 Å². The lowest BCUT2D eigenvalue weighted by molar-refractivity contribution is 0.208. The van der Waals surface area contributed by atoms with Gasteiger partial charge in [-0.3, -0.25) is 0 Å². The van der Waals surface area contributed by atoms with Crippen molar-refractivity contribution in [3.8, 4) is 0 Å². The van der Waals surface area contributed by atoms with Gasteiger partial charge in [0.25, 0.3) is 0 Å². The van der Waals surface area contributed by atoms with E-state index in [1.165, 1.54) is 7.11 Å². The third kappa shape index (κ3) is 3.52. The van der Waals surface area contributed by atoms with Crippen LogP contribution in [0.1, 0.15) is 5.56 Å². The predicted octanol–water partition coefficient (Wildman–Crippen LogP) is 3.18. The van der Waals surface area contributed by atoms with Crippen molar-refractivity contribution in [3.63, 3.8) is 0 Å². The Morgan fingerprint density at radius 1 is 1.31 bits per heavy atom. The quantitative estimate of drug-likeness (QED) is 0.681. The van der Waals surface area contributed by atoms with E-state index in [9.17, 15) is 0 Å². The molecule has 0 aliphatic carbocycles. The summed E-state index contributed by atoms with van der Waals surface area (Å²) in [5, 5.41) is 14.0. The summed E-state index contributed by atoms with van der Waals surface area (Å²) in [7, 11) is 1.40. The highest BCUT2D eigenvalue weighted by molar-refractivity contribution is 6.39. The zero-order valence-electron chi connectivity index (χ0n) is 8.51. The highest BCUT2D eigenvalue weighted by atomic mass is 35.5. The molecule has 1 aromatic carbocycles.